The first-order chi connectivity index (χ1) is 13.3. The molecule has 6 atom stereocenters. The molecule has 0 saturated carbocycles. The van der Waals surface area contributed by atoms with E-state index >= 15 is 0 Å². The molecular weight excluding hydrogens is 404 g/mol. The van der Waals surface area contributed by atoms with Crippen LogP contribution in [0.2, 0.25) is 0 Å². The number of nitrogens with one attached hydrogen (secondary N) is 3. The fourth-order valence-electron chi connectivity index (χ4n) is 2.30. The van der Waals surface area contributed by atoms with Crippen molar-refractivity contribution in [1.82, 2.24) is 16.0 Å². The maximum atomic E-state index is 12.6. The van der Waals surface area contributed by atoms with Crippen LogP contribution in [0.5, 0.6) is 0 Å². The second kappa shape index (κ2) is 12.6. The molecule has 3 amide bonds. The summed E-state index contributed by atoms with van der Waals surface area (Å²) in [5, 5.41) is 34.9. The van der Waals surface area contributed by atoms with Gasteiger partial charge in [-0.2, -0.15) is 12.6 Å². The largest absolute Gasteiger partial charge is 0.480 e. The smallest absolute Gasteiger partial charge is 0.328 e. The van der Waals surface area contributed by atoms with E-state index < -0.39 is 60.1 Å². The van der Waals surface area contributed by atoms with E-state index in [1.807, 2.05) is 13.8 Å². The molecule has 0 aromatic carbocycles. The van der Waals surface area contributed by atoms with Gasteiger partial charge >= 0.3 is 5.97 Å². The van der Waals surface area contributed by atoms with Crippen molar-refractivity contribution in [2.45, 2.75) is 70.5 Å². The third kappa shape index (κ3) is 9.43. The summed E-state index contributed by atoms with van der Waals surface area (Å²) in [7, 11) is 0. The summed E-state index contributed by atoms with van der Waals surface area (Å²) in [4.78, 5) is 48.1. The number of carbonyl (C=O) groups is 4. The molecule has 0 aromatic heterocycles. The van der Waals surface area contributed by atoms with E-state index in [4.69, 9.17) is 10.8 Å². The highest BCUT2D eigenvalue weighted by Gasteiger charge is 2.32. The van der Waals surface area contributed by atoms with Crippen molar-refractivity contribution in [3.63, 3.8) is 0 Å². The summed E-state index contributed by atoms with van der Waals surface area (Å²) in [5.74, 6) is -3.86. The lowest BCUT2D eigenvalue weighted by atomic mass is 10.0. The zero-order chi connectivity index (χ0) is 22.9. The standard InChI is InChI=1S/C17H32N4O7S/c1-7(2)5-10(19-16(26)12(18)8(3)22)14(24)20-11(6-29)15(25)21-13(9(4)23)17(27)28/h7-13,22-23,29H,5-6,18H2,1-4H3,(H,19,26)(H,20,24)(H,21,25)(H,27,28). The van der Waals surface area contributed by atoms with Crippen molar-refractivity contribution in [3.8, 4) is 0 Å². The van der Waals surface area contributed by atoms with Gasteiger partial charge in [0.2, 0.25) is 17.7 Å². The molecule has 0 aliphatic heterocycles. The lowest BCUT2D eigenvalue weighted by Gasteiger charge is -2.26. The summed E-state index contributed by atoms with van der Waals surface area (Å²) in [5.41, 5.74) is 5.58. The summed E-state index contributed by atoms with van der Waals surface area (Å²) < 4.78 is 0. The first-order valence-corrected chi connectivity index (χ1v) is 9.81. The Kier molecular flexibility index (Phi) is 11.8. The minimum Gasteiger partial charge on any atom is -0.480 e. The van der Waals surface area contributed by atoms with E-state index in [1.54, 1.807) is 0 Å². The number of aliphatic carboxylic acids is 1. The Bertz CT molecular complexity index is 586. The van der Waals surface area contributed by atoms with Crippen LogP contribution in [0.1, 0.15) is 34.1 Å². The number of nitrogens with two attached hydrogens (primary N) is 1. The molecular formula is C17H32N4O7S. The number of aliphatic hydroxyl groups is 2. The minimum absolute atomic E-state index is 0.00346. The summed E-state index contributed by atoms with van der Waals surface area (Å²) in [6.07, 6.45) is -2.25. The van der Waals surface area contributed by atoms with Crippen LogP contribution in [0.15, 0.2) is 0 Å². The Morgan fingerprint density at radius 2 is 1.34 bits per heavy atom. The van der Waals surface area contributed by atoms with Crippen LogP contribution in [-0.4, -0.2) is 81.1 Å². The van der Waals surface area contributed by atoms with Crippen LogP contribution >= 0.6 is 12.6 Å². The molecule has 6 unspecified atom stereocenters. The van der Waals surface area contributed by atoms with Crippen LogP contribution < -0.4 is 21.7 Å². The van der Waals surface area contributed by atoms with Crippen molar-refractivity contribution >= 4 is 36.3 Å². The SMILES string of the molecule is CC(C)CC(NC(=O)C(N)C(C)O)C(=O)NC(CS)C(=O)NC(C(=O)O)C(C)O. The molecule has 12 heteroatoms. The third-order valence-electron chi connectivity index (χ3n) is 4.02. The molecule has 0 spiro atoms. The normalized spacial score (nSPS) is 17.4. The Morgan fingerprint density at radius 1 is 0.862 bits per heavy atom. The predicted molar refractivity (Wildman–Crippen MR) is 108 cm³/mol. The number of carboxylic acid groups (broad SMARTS) is 1. The topological polar surface area (TPSA) is 191 Å². The van der Waals surface area contributed by atoms with Gasteiger partial charge in [-0.25, -0.2) is 4.79 Å². The number of hydrogen-bond acceptors (Lipinski definition) is 8. The highest BCUT2D eigenvalue weighted by molar-refractivity contribution is 7.80. The van der Waals surface area contributed by atoms with Gasteiger partial charge in [-0.05, 0) is 26.2 Å². The molecule has 168 valence electrons. The van der Waals surface area contributed by atoms with Crippen LogP contribution in [0.4, 0.5) is 0 Å². The average Bonchev–Trinajstić information content (AvgIpc) is 2.61. The number of rotatable bonds is 12. The van der Waals surface area contributed by atoms with Crippen LogP contribution in [0, 0.1) is 5.92 Å². The second-order valence-corrected chi connectivity index (χ2v) is 7.63. The van der Waals surface area contributed by atoms with Crippen LogP contribution in [0.25, 0.3) is 0 Å². The van der Waals surface area contributed by atoms with Gasteiger partial charge < -0.3 is 37.0 Å². The molecule has 29 heavy (non-hydrogen) atoms. The third-order valence-corrected chi connectivity index (χ3v) is 4.39. The quantitative estimate of drug-likeness (QED) is 0.155. The average molecular weight is 437 g/mol. The summed E-state index contributed by atoms with van der Waals surface area (Å²) in [6, 6.07) is -5.03. The monoisotopic (exact) mass is 436 g/mol. The van der Waals surface area contributed by atoms with Gasteiger partial charge in [-0.3, -0.25) is 14.4 Å². The fraction of sp³-hybridized carbons (Fsp3) is 0.765. The molecule has 0 rings (SSSR count). The molecule has 0 radical (unpaired) electrons. The molecule has 8 N–H and O–H groups in total. The first kappa shape index (κ1) is 27.1. The molecule has 0 aliphatic carbocycles. The lowest BCUT2D eigenvalue weighted by Crippen LogP contribution is -2.59. The lowest BCUT2D eigenvalue weighted by molar-refractivity contribution is -0.145. The highest BCUT2D eigenvalue weighted by Crippen LogP contribution is 2.07. The van der Waals surface area contributed by atoms with Gasteiger partial charge in [0.15, 0.2) is 6.04 Å². The molecule has 0 aliphatic rings. The zero-order valence-corrected chi connectivity index (χ0v) is 17.8. The Labute approximate surface area is 175 Å². The van der Waals surface area contributed by atoms with E-state index in [9.17, 15) is 29.4 Å². The number of carbonyl (C=O) groups excluding carboxylic acids is 3. The van der Waals surface area contributed by atoms with Crippen molar-refractivity contribution < 1.29 is 34.5 Å². The fourth-order valence-corrected chi connectivity index (χ4v) is 2.56. The van der Waals surface area contributed by atoms with Crippen molar-refractivity contribution in [2.24, 2.45) is 11.7 Å². The van der Waals surface area contributed by atoms with Crippen LogP contribution in [0.3, 0.4) is 0 Å². The molecule has 0 fully saturated rings. The van der Waals surface area contributed by atoms with Gasteiger partial charge in [0.25, 0.3) is 0 Å². The Balaban J connectivity index is 5.25. The van der Waals surface area contributed by atoms with Crippen LogP contribution in [-0.2, 0) is 19.2 Å². The molecule has 0 saturated heterocycles. The Hall–Kier alpha value is -1.89. The van der Waals surface area contributed by atoms with E-state index in [1.165, 1.54) is 13.8 Å². The van der Waals surface area contributed by atoms with Crippen molar-refractivity contribution in [2.75, 3.05) is 5.75 Å². The molecule has 11 nitrogen and oxygen atoms in total. The summed E-state index contributed by atoms with van der Waals surface area (Å²) in [6.45, 7) is 6.19. The Morgan fingerprint density at radius 3 is 1.72 bits per heavy atom. The van der Waals surface area contributed by atoms with Gasteiger partial charge in [0.05, 0.1) is 12.2 Å². The number of hydrogen-bond donors (Lipinski definition) is 8. The van der Waals surface area contributed by atoms with Crippen molar-refractivity contribution in [1.29, 1.82) is 0 Å². The van der Waals surface area contributed by atoms with E-state index in [0.29, 0.717) is 0 Å². The molecule has 0 heterocycles. The van der Waals surface area contributed by atoms with Gasteiger partial charge in [-0.15, -0.1) is 0 Å². The number of aliphatic hydroxyl groups excluding tert-OH is 2. The van der Waals surface area contributed by atoms with E-state index in [2.05, 4.69) is 28.6 Å². The first-order valence-electron chi connectivity index (χ1n) is 9.18. The summed E-state index contributed by atoms with van der Waals surface area (Å²) >= 11 is 4.00. The molecule has 0 bridgehead atoms. The predicted octanol–water partition coefficient (Wildman–Crippen LogP) is -2.41. The number of amides is 3. The number of carboxylic acids is 1. The highest BCUT2D eigenvalue weighted by atomic mass is 32.1. The van der Waals surface area contributed by atoms with E-state index in [0.717, 1.165) is 0 Å². The second-order valence-electron chi connectivity index (χ2n) is 7.27. The minimum atomic E-state index is -1.56. The van der Waals surface area contributed by atoms with E-state index in [-0.39, 0.29) is 18.1 Å². The zero-order valence-electron chi connectivity index (χ0n) is 17.0. The molecule has 0 aromatic rings. The maximum absolute atomic E-state index is 12.6. The van der Waals surface area contributed by atoms with Gasteiger partial charge in [0, 0.05) is 5.75 Å². The van der Waals surface area contributed by atoms with Gasteiger partial charge in [-0.1, -0.05) is 13.8 Å². The number of thiol groups is 1. The van der Waals surface area contributed by atoms with Crippen molar-refractivity contribution in [3.05, 3.63) is 0 Å². The van der Waals surface area contributed by atoms with Gasteiger partial charge in [0.1, 0.15) is 18.1 Å². The maximum Gasteiger partial charge on any atom is 0.328 e.